The van der Waals surface area contributed by atoms with Crippen molar-refractivity contribution >= 4 is 11.6 Å². The Morgan fingerprint density at radius 2 is 2.11 bits per heavy atom. The fraction of sp³-hybridized carbons (Fsp3) is 0.308. The van der Waals surface area contributed by atoms with Crippen LogP contribution in [-0.2, 0) is 6.42 Å². The highest BCUT2D eigenvalue weighted by atomic mass is 16.3. The van der Waals surface area contributed by atoms with E-state index in [9.17, 15) is 0 Å². The number of furan rings is 1. The zero-order chi connectivity index (χ0) is 12.8. The Balaban J connectivity index is 1.84. The van der Waals surface area contributed by atoms with Gasteiger partial charge in [-0.2, -0.15) is 0 Å². The maximum absolute atomic E-state index is 5.32. The first-order chi connectivity index (χ1) is 8.78. The molecule has 1 unspecified atom stereocenters. The van der Waals surface area contributed by atoms with Crippen LogP contribution in [0.1, 0.15) is 19.1 Å². The van der Waals surface area contributed by atoms with Gasteiger partial charge in [-0.05, 0) is 37.6 Å². The topological polar surface area (TPSA) is 76.1 Å². The van der Waals surface area contributed by atoms with Crippen molar-refractivity contribution in [2.45, 2.75) is 25.8 Å². The highest BCUT2D eigenvalue weighted by Crippen LogP contribution is 2.12. The summed E-state index contributed by atoms with van der Waals surface area (Å²) in [5.74, 6) is 7.80. The average molecular weight is 246 g/mol. The van der Waals surface area contributed by atoms with Crippen molar-refractivity contribution < 1.29 is 4.42 Å². The normalized spacial score (nSPS) is 12.1. The molecule has 1 atom stereocenters. The van der Waals surface area contributed by atoms with Crippen LogP contribution in [0.3, 0.4) is 0 Å². The van der Waals surface area contributed by atoms with Gasteiger partial charge in [0.1, 0.15) is 17.4 Å². The minimum atomic E-state index is 0.315. The van der Waals surface area contributed by atoms with E-state index in [0.29, 0.717) is 11.9 Å². The molecule has 2 aromatic heterocycles. The maximum atomic E-state index is 5.32. The zero-order valence-corrected chi connectivity index (χ0v) is 10.4. The fourth-order valence-corrected chi connectivity index (χ4v) is 1.73. The van der Waals surface area contributed by atoms with E-state index >= 15 is 0 Å². The third-order valence-corrected chi connectivity index (χ3v) is 2.70. The van der Waals surface area contributed by atoms with Crippen LogP contribution in [0.2, 0.25) is 0 Å². The molecule has 18 heavy (non-hydrogen) atoms. The molecule has 96 valence electrons. The van der Waals surface area contributed by atoms with Crippen LogP contribution >= 0.6 is 0 Å². The Morgan fingerprint density at radius 3 is 2.83 bits per heavy atom. The first kappa shape index (κ1) is 12.4. The lowest BCUT2D eigenvalue weighted by Gasteiger charge is -2.14. The van der Waals surface area contributed by atoms with E-state index in [0.717, 1.165) is 24.4 Å². The molecule has 0 saturated carbocycles. The summed E-state index contributed by atoms with van der Waals surface area (Å²) in [5, 5.41) is 3.33. The van der Waals surface area contributed by atoms with Crippen LogP contribution in [0.5, 0.6) is 0 Å². The predicted molar refractivity (Wildman–Crippen MR) is 72.2 cm³/mol. The van der Waals surface area contributed by atoms with Crippen LogP contribution in [-0.4, -0.2) is 11.0 Å². The molecule has 0 radical (unpaired) electrons. The number of hydrazine groups is 1. The number of hydrogen-bond donors (Lipinski definition) is 3. The standard InChI is InChI=1S/C13H18N4O/c1-10(7-8-11-4-3-9-18-11)15-12-5-2-6-13(16-12)17-14/h2-6,9-10H,7-8,14H2,1H3,(H2,15,16,17). The van der Waals surface area contributed by atoms with Crippen molar-refractivity contribution in [3.8, 4) is 0 Å². The first-order valence-electron chi connectivity index (χ1n) is 6.00. The molecule has 0 fully saturated rings. The minimum Gasteiger partial charge on any atom is -0.469 e. The first-order valence-corrected chi connectivity index (χ1v) is 6.00. The summed E-state index contributed by atoms with van der Waals surface area (Å²) >= 11 is 0. The number of nitrogens with one attached hydrogen (secondary N) is 2. The molecule has 0 amide bonds. The van der Waals surface area contributed by atoms with Gasteiger partial charge in [0, 0.05) is 12.5 Å². The Morgan fingerprint density at radius 1 is 1.28 bits per heavy atom. The molecule has 2 aromatic rings. The molecule has 0 saturated heterocycles. The highest BCUT2D eigenvalue weighted by molar-refractivity contribution is 5.44. The number of pyridine rings is 1. The Bertz CT molecular complexity index is 470. The van der Waals surface area contributed by atoms with Gasteiger partial charge < -0.3 is 15.2 Å². The summed E-state index contributed by atoms with van der Waals surface area (Å²) in [4.78, 5) is 4.31. The second-order valence-corrected chi connectivity index (χ2v) is 4.22. The molecule has 2 heterocycles. The van der Waals surface area contributed by atoms with Crippen LogP contribution < -0.4 is 16.6 Å². The summed E-state index contributed by atoms with van der Waals surface area (Å²) in [7, 11) is 0. The third-order valence-electron chi connectivity index (χ3n) is 2.70. The number of nitrogens with two attached hydrogens (primary N) is 1. The van der Waals surface area contributed by atoms with Crippen LogP contribution in [0.15, 0.2) is 41.0 Å². The number of anilines is 2. The molecular weight excluding hydrogens is 228 g/mol. The molecule has 0 bridgehead atoms. The van der Waals surface area contributed by atoms with Crippen molar-refractivity contribution in [3.05, 3.63) is 42.4 Å². The SMILES string of the molecule is CC(CCc1ccco1)Nc1cccc(NN)n1. The lowest BCUT2D eigenvalue weighted by atomic mass is 10.1. The minimum absolute atomic E-state index is 0.315. The maximum Gasteiger partial charge on any atom is 0.142 e. The van der Waals surface area contributed by atoms with Crippen LogP contribution in [0.4, 0.5) is 11.6 Å². The quantitative estimate of drug-likeness (QED) is 0.539. The molecule has 5 heteroatoms. The summed E-state index contributed by atoms with van der Waals surface area (Å²) in [5.41, 5.74) is 2.53. The molecule has 5 nitrogen and oxygen atoms in total. The van der Waals surface area contributed by atoms with Gasteiger partial charge in [-0.15, -0.1) is 0 Å². The summed E-state index contributed by atoms with van der Waals surface area (Å²) in [6.07, 6.45) is 3.59. The van der Waals surface area contributed by atoms with Gasteiger partial charge in [0.2, 0.25) is 0 Å². The number of aryl methyl sites for hydroxylation is 1. The monoisotopic (exact) mass is 246 g/mol. The van der Waals surface area contributed by atoms with Gasteiger partial charge in [0.05, 0.1) is 6.26 Å². The lowest BCUT2D eigenvalue weighted by Crippen LogP contribution is -2.17. The third kappa shape index (κ3) is 3.49. The van der Waals surface area contributed by atoms with Crippen LogP contribution in [0, 0.1) is 0 Å². The summed E-state index contributed by atoms with van der Waals surface area (Å²) in [6.45, 7) is 2.12. The van der Waals surface area contributed by atoms with E-state index in [-0.39, 0.29) is 0 Å². The van der Waals surface area contributed by atoms with Gasteiger partial charge >= 0.3 is 0 Å². The lowest BCUT2D eigenvalue weighted by molar-refractivity contribution is 0.495. The van der Waals surface area contributed by atoms with Gasteiger partial charge in [-0.3, -0.25) is 0 Å². The van der Waals surface area contributed by atoms with E-state index in [1.165, 1.54) is 0 Å². The predicted octanol–water partition coefficient (Wildman–Crippen LogP) is 2.39. The zero-order valence-electron chi connectivity index (χ0n) is 10.4. The molecule has 0 aliphatic heterocycles. The summed E-state index contributed by atoms with van der Waals surface area (Å²) < 4.78 is 5.30. The van der Waals surface area contributed by atoms with E-state index in [2.05, 4.69) is 22.7 Å². The molecule has 0 aliphatic carbocycles. The van der Waals surface area contributed by atoms with Crippen molar-refractivity contribution in [3.63, 3.8) is 0 Å². The van der Waals surface area contributed by atoms with E-state index in [4.69, 9.17) is 10.3 Å². The van der Waals surface area contributed by atoms with Crippen LogP contribution in [0.25, 0.3) is 0 Å². The number of aromatic nitrogens is 1. The average Bonchev–Trinajstić information content (AvgIpc) is 2.90. The highest BCUT2D eigenvalue weighted by Gasteiger charge is 2.05. The van der Waals surface area contributed by atoms with Crippen molar-refractivity contribution in [1.82, 2.24) is 4.98 Å². The smallest absolute Gasteiger partial charge is 0.142 e. The molecule has 0 spiro atoms. The van der Waals surface area contributed by atoms with Crippen molar-refractivity contribution in [1.29, 1.82) is 0 Å². The number of hydrogen-bond acceptors (Lipinski definition) is 5. The van der Waals surface area contributed by atoms with Gasteiger partial charge in [0.25, 0.3) is 0 Å². The Kier molecular flexibility index (Phi) is 4.20. The van der Waals surface area contributed by atoms with Gasteiger partial charge in [-0.1, -0.05) is 6.07 Å². The molecule has 0 aliphatic rings. The summed E-state index contributed by atoms with van der Waals surface area (Å²) in [6, 6.07) is 9.86. The molecule has 4 N–H and O–H groups in total. The second kappa shape index (κ2) is 6.07. The van der Waals surface area contributed by atoms with Gasteiger partial charge in [-0.25, -0.2) is 10.8 Å². The van der Waals surface area contributed by atoms with Crippen molar-refractivity contribution in [2.75, 3.05) is 10.7 Å². The number of nitrogen functional groups attached to an aromatic ring is 1. The van der Waals surface area contributed by atoms with E-state index in [1.807, 2.05) is 30.3 Å². The van der Waals surface area contributed by atoms with Crippen molar-refractivity contribution in [2.24, 2.45) is 5.84 Å². The van der Waals surface area contributed by atoms with E-state index < -0.39 is 0 Å². The Labute approximate surface area is 106 Å². The molecule has 0 aromatic carbocycles. The fourth-order valence-electron chi connectivity index (χ4n) is 1.73. The van der Waals surface area contributed by atoms with Gasteiger partial charge in [0.15, 0.2) is 0 Å². The molecule has 2 rings (SSSR count). The Hall–Kier alpha value is -2.01. The largest absolute Gasteiger partial charge is 0.469 e. The number of nitrogens with zero attached hydrogens (tertiary/aromatic N) is 1. The number of rotatable bonds is 6. The second-order valence-electron chi connectivity index (χ2n) is 4.22. The van der Waals surface area contributed by atoms with E-state index in [1.54, 1.807) is 6.26 Å². The molecular formula is C13H18N4O.